The number of Topliss-reactive ketones (excluding diaryl/α,β-unsaturated/α-hetero) is 1. The lowest BCUT2D eigenvalue weighted by molar-refractivity contribution is -0.142. The van der Waals surface area contributed by atoms with E-state index in [0.29, 0.717) is 43.8 Å². The fourth-order valence-corrected chi connectivity index (χ4v) is 5.94. The van der Waals surface area contributed by atoms with Gasteiger partial charge in [-0.3, -0.25) is 14.5 Å². The van der Waals surface area contributed by atoms with Crippen molar-refractivity contribution >= 4 is 17.4 Å². The summed E-state index contributed by atoms with van der Waals surface area (Å²) in [5, 5.41) is 0. The van der Waals surface area contributed by atoms with Crippen LogP contribution in [0.5, 0.6) is 0 Å². The van der Waals surface area contributed by atoms with Gasteiger partial charge in [-0.15, -0.1) is 0 Å². The largest absolute Gasteiger partial charge is 0.331 e. The van der Waals surface area contributed by atoms with Crippen molar-refractivity contribution < 1.29 is 9.59 Å². The fraction of sp³-hybridized carbons (Fsp3) is 0.516. The number of nitrogens with two attached hydrogens (primary N) is 1. The van der Waals surface area contributed by atoms with Crippen LogP contribution in [0, 0.1) is 12.5 Å². The second-order valence-corrected chi connectivity index (χ2v) is 11.1. The highest BCUT2D eigenvalue weighted by molar-refractivity contribution is 5.91. The maximum Gasteiger partial charge on any atom is 0.240 e. The van der Waals surface area contributed by atoms with Crippen LogP contribution in [0.1, 0.15) is 57.1 Å². The van der Waals surface area contributed by atoms with Crippen molar-refractivity contribution in [2.24, 2.45) is 11.7 Å². The molecule has 2 aromatic carbocycles. The summed E-state index contributed by atoms with van der Waals surface area (Å²) >= 11 is 0. The zero-order valence-corrected chi connectivity index (χ0v) is 22.2. The number of ketones is 1. The Morgan fingerprint density at radius 1 is 1.08 bits per heavy atom. The molecule has 0 saturated carbocycles. The topological polar surface area (TPSA) is 71.0 Å². The highest BCUT2D eigenvalue weighted by Crippen LogP contribution is 2.31. The number of nitrogens with zero attached hydrogens (tertiary/aromatic N) is 3. The van der Waals surface area contributed by atoms with Crippen molar-refractivity contribution in [2.75, 3.05) is 13.1 Å². The Bertz CT molecular complexity index is 1090. The third-order valence-corrected chi connectivity index (χ3v) is 7.89. The van der Waals surface area contributed by atoms with Crippen LogP contribution in [0.4, 0.5) is 5.69 Å². The molecule has 2 saturated heterocycles. The van der Waals surface area contributed by atoms with Crippen LogP contribution in [0.3, 0.4) is 0 Å². The lowest BCUT2D eigenvalue weighted by atomic mass is 9.94. The SMILES string of the molecule is [C-]#[N+]c1ccc(CCC(=O)[C@@H](CC(C)C)N2CCC(CCc3ccccc3)N3C[C@H](N)C[C@H]3C2=O)cc1. The van der Waals surface area contributed by atoms with Crippen LogP contribution >= 0.6 is 0 Å². The molecule has 4 rings (SSSR count). The summed E-state index contributed by atoms with van der Waals surface area (Å²) in [6.07, 6.45) is 5.16. The molecule has 6 heteroatoms. The van der Waals surface area contributed by atoms with Gasteiger partial charge in [0.05, 0.1) is 18.7 Å². The minimum atomic E-state index is -0.401. The summed E-state index contributed by atoms with van der Waals surface area (Å²) in [5.41, 5.74) is 9.33. The van der Waals surface area contributed by atoms with Gasteiger partial charge in [0.15, 0.2) is 11.5 Å². The highest BCUT2D eigenvalue weighted by atomic mass is 16.2. The molecular weight excluding hydrogens is 460 g/mol. The molecule has 4 atom stereocenters. The second kappa shape index (κ2) is 12.5. The molecule has 37 heavy (non-hydrogen) atoms. The quantitative estimate of drug-likeness (QED) is 0.476. The number of carbonyl (C=O) groups is 2. The van der Waals surface area contributed by atoms with E-state index in [-0.39, 0.29) is 29.8 Å². The van der Waals surface area contributed by atoms with Crippen molar-refractivity contribution in [1.29, 1.82) is 0 Å². The molecular formula is C31H40N4O2. The summed E-state index contributed by atoms with van der Waals surface area (Å²) < 4.78 is 0. The van der Waals surface area contributed by atoms with E-state index in [0.717, 1.165) is 31.4 Å². The van der Waals surface area contributed by atoms with Crippen LogP contribution in [0.15, 0.2) is 54.6 Å². The molecule has 1 amide bonds. The summed E-state index contributed by atoms with van der Waals surface area (Å²) in [4.78, 5) is 35.2. The number of rotatable bonds is 10. The lowest BCUT2D eigenvalue weighted by Crippen LogP contribution is -2.51. The predicted octanol–water partition coefficient (Wildman–Crippen LogP) is 4.79. The normalized spacial score (nSPS) is 22.9. The van der Waals surface area contributed by atoms with Gasteiger partial charge >= 0.3 is 0 Å². The van der Waals surface area contributed by atoms with Gasteiger partial charge in [0.1, 0.15) is 0 Å². The van der Waals surface area contributed by atoms with Crippen LogP contribution in [0.2, 0.25) is 0 Å². The van der Waals surface area contributed by atoms with Crippen molar-refractivity contribution in [3.8, 4) is 0 Å². The molecule has 196 valence electrons. The van der Waals surface area contributed by atoms with Gasteiger partial charge < -0.3 is 10.6 Å². The number of aryl methyl sites for hydroxylation is 2. The third kappa shape index (κ3) is 6.85. The highest BCUT2D eigenvalue weighted by Gasteiger charge is 2.45. The molecule has 2 aliphatic heterocycles. The minimum absolute atomic E-state index is 0.00852. The second-order valence-electron chi connectivity index (χ2n) is 11.1. The van der Waals surface area contributed by atoms with Crippen molar-refractivity contribution in [3.63, 3.8) is 0 Å². The first-order valence-corrected chi connectivity index (χ1v) is 13.7. The van der Waals surface area contributed by atoms with E-state index >= 15 is 0 Å². The smallest absolute Gasteiger partial charge is 0.240 e. The molecule has 2 fully saturated rings. The summed E-state index contributed by atoms with van der Waals surface area (Å²) in [7, 11) is 0. The van der Waals surface area contributed by atoms with Gasteiger partial charge in [0.25, 0.3) is 0 Å². The van der Waals surface area contributed by atoms with Gasteiger partial charge in [-0.05, 0) is 50.0 Å². The number of benzene rings is 2. The maximum absolute atomic E-state index is 13.9. The number of hydrogen-bond donors (Lipinski definition) is 1. The zero-order chi connectivity index (χ0) is 26.4. The Balaban J connectivity index is 1.49. The van der Waals surface area contributed by atoms with Crippen LogP contribution in [-0.4, -0.2) is 58.7 Å². The predicted molar refractivity (Wildman–Crippen MR) is 147 cm³/mol. The number of carbonyl (C=O) groups excluding carboxylic acids is 2. The van der Waals surface area contributed by atoms with Gasteiger partial charge in [-0.2, -0.15) is 0 Å². The molecule has 2 aromatic rings. The minimum Gasteiger partial charge on any atom is -0.331 e. The van der Waals surface area contributed by atoms with Gasteiger partial charge in [0, 0.05) is 31.6 Å². The molecule has 2 N–H and O–H groups in total. The van der Waals surface area contributed by atoms with Gasteiger partial charge in [0.2, 0.25) is 5.91 Å². The Morgan fingerprint density at radius 2 is 1.78 bits per heavy atom. The Kier molecular flexibility index (Phi) is 9.13. The molecule has 2 heterocycles. The monoisotopic (exact) mass is 500 g/mol. The van der Waals surface area contributed by atoms with E-state index in [2.05, 4.69) is 47.9 Å². The summed E-state index contributed by atoms with van der Waals surface area (Å²) in [6.45, 7) is 12.7. The number of amides is 1. The average Bonchev–Trinajstić information content (AvgIpc) is 3.24. The maximum atomic E-state index is 13.9. The molecule has 0 aromatic heterocycles. The zero-order valence-electron chi connectivity index (χ0n) is 22.2. The molecule has 0 spiro atoms. The van der Waals surface area contributed by atoms with Gasteiger partial charge in [-0.1, -0.05) is 74.0 Å². The van der Waals surface area contributed by atoms with Crippen molar-refractivity contribution in [1.82, 2.24) is 9.80 Å². The molecule has 6 nitrogen and oxygen atoms in total. The van der Waals surface area contributed by atoms with E-state index in [1.165, 1.54) is 5.56 Å². The summed E-state index contributed by atoms with van der Waals surface area (Å²) in [6, 6.07) is 17.6. The Morgan fingerprint density at radius 3 is 2.46 bits per heavy atom. The van der Waals surface area contributed by atoms with E-state index in [1.807, 2.05) is 23.1 Å². The molecule has 1 unspecified atom stereocenters. The van der Waals surface area contributed by atoms with Crippen LogP contribution in [-0.2, 0) is 22.4 Å². The van der Waals surface area contributed by atoms with Crippen LogP contribution in [0.25, 0.3) is 4.85 Å². The molecule has 0 bridgehead atoms. The average molecular weight is 501 g/mol. The first kappa shape index (κ1) is 27.0. The summed E-state index contributed by atoms with van der Waals surface area (Å²) in [5.74, 6) is 0.516. The third-order valence-electron chi connectivity index (χ3n) is 7.89. The molecule has 2 aliphatic rings. The standard InChI is InChI=1S/C31H40N4O2/c1-22(2)19-28(30(36)16-12-24-9-13-26(33-3)14-10-24)34-18-17-27(15-11-23-7-5-4-6-8-23)35-21-25(32)20-29(35)31(34)37/h4-10,13-14,22,25,27-29H,11-12,15-21,32H2,1-2H3/t25-,27?,28-,29+/m1/s1. The van der Waals surface area contributed by atoms with Crippen LogP contribution < -0.4 is 5.73 Å². The number of fused-ring (bicyclic) bond motifs is 1. The first-order valence-electron chi connectivity index (χ1n) is 13.7. The first-order chi connectivity index (χ1) is 17.9. The molecule has 0 aliphatic carbocycles. The fourth-order valence-electron chi connectivity index (χ4n) is 5.94. The number of hydrogen-bond acceptors (Lipinski definition) is 4. The van der Waals surface area contributed by atoms with Crippen molar-refractivity contribution in [2.45, 2.75) is 83.0 Å². The van der Waals surface area contributed by atoms with Gasteiger partial charge in [-0.25, -0.2) is 4.85 Å². The van der Waals surface area contributed by atoms with E-state index < -0.39 is 6.04 Å². The Hall–Kier alpha value is -3.01. The molecule has 0 radical (unpaired) electrons. The van der Waals surface area contributed by atoms with E-state index in [1.54, 1.807) is 12.1 Å². The van der Waals surface area contributed by atoms with Crippen molar-refractivity contribution in [3.05, 3.63) is 77.1 Å². The lowest BCUT2D eigenvalue weighted by Gasteiger charge is -2.33. The van der Waals surface area contributed by atoms with E-state index in [4.69, 9.17) is 12.3 Å². The van der Waals surface area contributed by atoms with E-state index in [9.17, 15) is 9.59 Å². The Labute approximate surface area is 221 Å².